The van der Waals surface area contributed by atoms with Crippen LogP contribution in [-0.4, -0.2) is 59.0 Å². The highest BCUT2D eigenvalue weighted by Gasteiger charge is 2.38. The minimum atomic E-state index is -0.646. The molecular formula is C26H39N7O3. The summed E-state index contributed by atoms with van der Waals surface area (Å²) in [5.74, 6) is 4.67. The van der Waals surface area contributed by atoms with Gasteiger partial charge in [-0.25, -0.2) is 0 Å². The molecule has 2 amide bonds. The second-order valence-electron chi connectivity index (χ2n) is 9.25. The number of nitrogens with one attached hydrogen (secondary N) is 1. The number of aliphatic hydroxyl groups excluding tert-OH is 1. The van der Waals surface area contributed by atoms with Crippen LogP contribution in [0.3, 0.4) is 0 Å². The maximum absolute atomic E-state index is 13.3. The topological polar surface area (TPSA) is 172 Å². The van der Waals surface area contributed by atoms with Gasteiger partial charge in [0.05, 0.1) is 18.4 Å². The molecule has 0 saturated carbocycles. The van der Waals surface area contributed by atoms with Crippen LogP contribution in [-0.2, 0) is 9.59 Å². The van der Waals surface area contributed by atoms with Crippen LogP contribution in [0.1, 0.15) is 57.7 Å². The van der Waals surface area contributed by atoms with Crippen molar-refractivity contribution in [3.05, 3.63) is 53.2 Å². The van der Waals surface area contributed by atoms with E-state index in [0.717, 1.165) is 16.7 Å². The van der Waals surface area contributed by atoms with Crippen LogP contribution in [0, 0.1) is 5.92 Å². The number of carbonyl (C=O) groups excluding carboxylic acids is 2. The van der Waals surface area contributed by atoms with E-state index in [0.29, 0.717) is 30.8 Å². The fraction of sp³-hybridized carbons (Fsp3) is 0.462. The fourth-order valence-corrected chi connectivity index (χ4v) is 4.07. The zero-order chi connectivity index (χ0) is 26.8. The van der Waals surface area contributed by atoms with Crippen LogP contribution in [0.25, 0.3) is 5.70 Å². The third-order valence-electron chi connectivity index (χ3n) is 6.24. The van der Waals surface area contributed by atoms with Crippen LogP contribution < -0.4 is 22.6 Å². The molecule has 1 fully saturated rings. The molecule has 1 saturated heterocycles. The molecule has 1 aromatic rings. The number of likely N-dealkylation sites (tertiary alicyclic amines) is 1. The third kappa shape index (κ3) is 7.17. The Kier molecular flexibility index (Phi) is 10.7. The van der Waals surface area contributed by atoms with Gasteiger partial charge in [-0.15, -0.1) is 0 Å². The lowest BCUT2D eigenvalue weighted by atomic mass is 10.0. The first kappa shape index (κ1) is 28.6. The van der Waals surface area contributed by atoms with Gasteiger partial charge in [-0.3, -0.25) is 14.6 Å². The molecule has 1 aliphatic rings. The van der Waals surface area contributed by atoms with E-state index < -0.39 is 18.1 Å². The molecule has 1 heterocycles. The molecule has 0 aliphatic carbocycles. The van der Waals surface area contributed by atoms with Crippen LogP contribution in [0.5, 0.6) is 0 Å². The van der Waals surface area contributed by atoms with Crippen molar-refractivity contribution < 1.29 is 14.7 Å². The summed E-state index contributed by atoms with van der Waals surface area (Å²) in [4.78, 5) is 32.5. The van der Waals surface area contributed by atoms with E-state index in [1.54, 1.807) is 17.9 Å². The van der Waals surface area contributed by atoms with Crippen LogP contribution in [0.2, 0.25) is 0 Å². The number of carbonyl (C=O) groups is 2. The predicted octanol–water partition coefficient (Wildman–Crippen LogP) is 1.42. The SMILES string of the molecule is CC(C=N[C@H](C(=O)N1CCC[C@H]1C(=O)N[C@@H](CO)c1ccc(/C(N)=C(C)/C=C\N)cc1)C(C)C)=NN. The molecule has 1 aromatic carbocycles. The number of allylic oxidation sites excluding steroid dienone is 2. The molecule has 0 unspecified atom stereocenters. The number of benzene rings is 1. The van der Waals surface area contributed by atoms with Crippen molar-refractivity contribution in [1.82, 2.24) is 10.2 Å². The highest BCUT2D eigenvalue weighted by molar-refractivity contribution is 6.29. The van der Waals surface area contributed by atoms with Crippen molar-refractivity contribution in [2.75, 3.05) is 13.2 Å². The second-order valence-corrected chi connectivity index (χ2v) is 9.25. The Morgan fingerprint density at radius 2 is 1.92 bits per heavy atom. The number of rotatable bonds is 10. The first-order valence-corrected chi connectivity index (χ1v) is 12.1. The summed E-state index contributed by atoms with van der Waals surface area (Å²) in [7, 11) is 0. The molecule has 0 spiro atoms. The zero-order valence-corrected chi connectivity index (χ0v) is 21.5. The molecule has 10 heteroatoms. The summed E-state index contributed by atoms with van der Waals surface area (Å²) in [5, 5.41) is 16.5. The van der Waals surface area contributed by atoms with Gasteiger partial charge in [0.1, 0.15) is 12.1 Å². The van der Waals surface area contributed by atoms with Gasteiger partial charge in [0.25, 0.3) is 0 Å². The Balaban J connectivity index is 2.17. The lowest BCUT2D eigenvalue weighted by Gasteiger charge is -2.29. The number of hydrazone groups is 1. The van der Waals surface area contributed by atoms with Crippen molar-refractivity contribution in [2.24, 2.45) is 33.3 Å². The van der Waals surface area contributed by atoms with E-state index in [9.17, 15) is 14.7 Å². The Labute approximate surface area is 213 Å². The monoisotopic (exact) mass is 497 g/mol. The van der Waals surface area contributed by atoms with Gasteiger partial charge in [-0.2, -0.15) is 5.10 Å². The first-order chi connectivity index (χ1) is 17.1. The maximum atomic E-state index is 13.3. The highest BCUT2D eigenvalue weighted by atomic mass is 16.3. The molecule has 2 rings (SSSR count). The molecule has 3 atom stereocenters. The van der Waals surface area contributed by atoms with Crippen molar-refractivity contribution >= 4 is 29.4 Å². The minimum absolute atomic E-state index is 0.0715. The van der Waals surface area contributed by atoms with Crippen LogP contribution in [0.4, 0.5) is 0 Å². The molecule has 8 N–H and O–H groups in total. The van der Waals surface area contributed by atoms with Crippen molar-refractivity contribution in [1.29, 1.82) is 0 Å². The quantitative estimate of drug-likeness (QED) is 0.141. The lowest BCUT2D eigenvalue weighted by Crippen LogP contribution is -2.50. The van der Waals surface area contributed by atoms with E-state index in [2.05, 4.69) is 15.4 Å². The Morgan fingerprint density at radius 3 is 2.47 bits per heavy atom. The minimum Gasteiger partial charge on any atom is -0.405 e. The van der Waals surface area contributed by atoms with Crippen LogP contribution in [0.15, 0.2) is 52.2 Å². The van der Waals surface area contributed by atoms with E-state index in [1.807, 2.05) is 45.0 Å². The largest absolute Gasteiger partial charge is 0.405 e. The normalized spacial score (nSPS) is 19.1. The summed E-state index contributed by atoms with van der Waals surface area (Å²) >= 11 is 0. The lowest BCUT2D eigenvalue weighted by molar-refractivity contribution is -0.140. The summed E-state index contributed by atoms with van der Waals surface area (Å²) in [6, 6.07) is 5.38. The molecule has 0 aromatic heterocycles. The number of nitrogens with two attached hydrogens (primary N) is 3. The zero-order valence-electron chi connectivity index (χ0n) is 21.5. The summed E-state index contributed by atoms with van der Waals surface area (Å²) in [6.07, 6.45) is 5.88. The number of nitrogens with zero attached hydrogens (tertiary/aromatic N) is 3. The van der Waals surface area contributed by atoms with Gasteiger partial charge >= 0.3 is 0 Å². The third-order valence-corrected chi connectivity index (χ3v) is 6.24. The van der Waals surface area contributed by atoms with E-state index in [1.165, 1.54) is 12.4 Å². The Hall–Kier alpha value is -3.66. The average molecular weight is 498 g/mol. The molecule has 1 aliphatic heterocycles. The fourth-order valence-electron chi connectivity index (χ4n) is 4.07. The van der Waals surface area contributed by atoms with Gasteiger partial charge in [-0.05, 0) is 61.6 Å². The van der Waals surface area contributed by atoms with Crippen molar-refractivity contribution in [3.8, 4) is 0 Å². The number of aliphatic imine (C=N–C) groups is 1. The van der Waals surface area contributed by atoms with E-state index in [4.69, 9.17) is 17.3 Å². The Bertz CT molecular complexity index is 1030. The van der Waals surface area contributed by atoms with E-state index >= 15 is 0 Å². The number of aliphatic hydroxyl groups is 1. The molecule has 0 radical (unpaired) electrons. The maximum Gasteiger partial charge on any atom is 0.248 e. The van der Waals surface area contributed by atoms with Crippen molar-refractivity contribution in [2.45, 2.75) is 58.7 Å². The number of hydrogen-bond donors (Lipinski definition) is 5. The van der Waals surface area contributed by atoms with Gasteiger partial charge in [0.2, 0.25) is 11.8 Å². The molecule has 36 heavy (non-hydrogen) atoms. The molecule has 10 nitrogen and oxygen atoms in total. The summed E-state index contributed by atoms with van der Waals surface area (Å²) < 4.78 is 0. The predicted molar refractivity (Wildman–Crippen MR) is 144 cm³/mol. The molecular weight excluding hydrogens is 458 g/mol. The van der Waals surface area contributed by atoms with Crippen molar-refractivity contribution in [3.63, 3.8) is 0 Å². The van der Waals surface area contributed by atoms with Gasteiger partial charge in [-0.1, -0.05) is 38.1 Å². The van der Waals surface area contributed by atoms with Gasteiger partial charge in [0, 0.05) is 18.5 Å². The summed E-state index contributed by atoms with van der Waals surface area (Å²) in [5.41, 5.74) is 15.1. The number of amides is 2. The number of hydrogen-bond acceptors (Lipinski definition) is 8. The smallest absolute Gasteiger partial charge is 0.248 e. The van der Waals surface area contributed by atoms with E-state index in [-0.39, 0.29) is 24.3 Å². The molecule has 196 valence electrons. The summed E-state index contributed by atoms with van der Waals surface area (Å²) in [6.45, 7) is 7.55. The van der Waals surface area contributed by atoms with Gasteiger partial charge in [0.15, 0.2) is 0 Å². The highest BCUT2D eigenvalue weighted by Crippen LogP contribution is 2.24. The Morgan fingerprint density at radius 1 is 1.25 bits per heavy atom. The van der Waals surface area contributed by atoms with Crippen LogP contribution >= 0.6 is 0 Å². The standard InChI is InChI=1S/C26H39N7O3/c1-16(2)24(30-14-18(4)32-29)26(36)33-13-5-6-22(33)25(35)31-21(15-34)19-7-9-20(10-8-19)23(28)17(3)11-12-27/h7-12,14,16,21-22,24,34H,5-6,13,15,27-29H2,1-4H3,(H,31,35)/b12-11-,23-17-,30-14?,32-18?/t21-,22-,24-/m0/s1. The van der Waals surface area contributed by atoms with Gasteiger partial charge < -0.3 is 32.6 Å². The first-order valence-electron chi connectivity index (χ1n) is 12.1. The molecule has 0 bridgehead atoms. The average Bonchev–Trinajstić information content (AvgIpc) is 3.37. The second kappa shape index (κ2) is 13.4.